The molecule has 1 aromatic carbocycles. The zero-order valence-electron chi connectivity index (χ0n) is 18.0. The molecule has 0 aromatic heterocycles. The molecule has 0 N–H and O–H groups in total. The molecule has 0 unspecified atom stereocenters. The third-order valence-electron chi connectivity index (χ3n) is 7.31. The smallest absolute Gasteiger partial charge is 0.195 e. The maximum Gasteiger partial charge on any atom is 0.196 e. The second kappa shape index (κ2) is 10.8. The molecule has 0 saturated heterocycles. The number of benzene rings is 1. The van der Waals surface area contributed by atoms with Gasteiger partial charge in [-0.05, 0) is 105 Å². The minimum atomic E-state index is -0.621. The first-order valence-electron chi connectivity index (χ1n) is 11.7. The van der Waals surface area contributed by atoms with Crippen LogP contribution in [-0.2, 0) is 6.42 Å². The lowest BCUT2D eigenvalue weighted by atomic mass is 9.70. The molecular formula is C27H36FN. The minimum absolute atomic E-state index is 0.231. The van der Waals surface area contributed by atoms with Crippen LogP contribution in [-0.4, -0.2) is 0 Å². The SMILES string of the molecule is C=C(C1CCC(/C=C(/F)C#N)CC1)C1CCC(c2ccc(CCCC)cc2)CC1. The Morgan fingerprint density at radius 3 is 2.17 bits per heavy atom. The van der Waals surface area contributed by atoms with Crippen molar-refractivity contribution in [3.05, 3.63) is 59.4 Å². The molecule has 0 radical (unpaired) electrons. The number of halogens is 1. The standard InChI is InChI=1S/C27H36FN/c1-3-4-5-21-6-12-25(13-7-21)26-16-14-24(15-17-26)20(2)23-10-8-22(9-11-23)18-27(28)19-29/h6-7,12-13,18,22-24,26H,2-5,8-11,14-17H2,1H3/b27-18+. The molecule has 0 spiro atoms. The lowest BCUT2D eigenvalue weighted by Gasteiger charge is -2.35. The summed E-state index contributed by atoms with van der Waals surface area (Å²) in [4.78, 5) is 0. The Morgan fingerprint density at radius 1 is 1.03 bits per heavy atom. The first kappa shape index (κ1) is 21.8. The van der Waals surface area contributed by atoms with Crippen LogP contribution < -0.4 is 0 Å². The molecule has 29 heavy (non-hydrogen) atoms. The molecule has 2 saturated carbocycles. The number of hydrogen-bond acceptors (Lipinski definition) is 1. The van der Waals surface area contributed by atoms with Crippen molar-refractivity contribution in [3.8, 4) is 6.07 Å². The summed E-state index contributed by atoms with van der Waals surface area (Å²) in [5.41, 5.74) is 4.43. The molecule has 1 aromatic rings. The van der Waals surface area contributed by atoms with Gasteiger partial charge in [0.05, 0.1) is 0 Å². The van der Waals surface area contributed by atoms with Crippen molar-refractivity contribution in [1.29, 1.82) is 5.26 Å². The van der Waals surface area contributed by atoms with E-state index in [0.29, 0.717) is 17.8 Å². The van der Waals surface area contributed by atoms with Gasteiger partial charge in [-0.25, -0.2) is 0 Å². The van der Waals surface area contributed by atoms with E-state index in [2.05, 4.69) is 37.8 Å². The van der Waals surface area contributed by atoms with Crippen molar-refractivity contribution in [2.45, 2.75) is 83.5 Å². The van der Waals surface area contributed by atoms with E-state index < -0.39 is 5.83 Å². The van der Waals surface area contributed by atoms with Gasteiger partial charge in [0.25, 0.3) is 0 Å². The number of nitrogens with zero attached hydrogens (tertiary/aromatic N) is 1. The highest BCUT2D eigenvalue weighted by Gasteiger charge is 2.29. The summed E-state index contributed by atoms with van der Waals surface area (Å²) >= 11 is 0. The van der Waals surface area contributed by atoms with Crippen molar-refractivity contribution < 1.29 is 4.39 Å². The Hall–Kier alpha value is -1.88. The number of hydrogen-bond donors (Lipinski definition) is 0. The lowest BCUT2D eigenvalue weighted by molar-refractivity contribution is 0.289. The van der Waals surface area contributed by atoms with Crippen molar-refractivity contribution in [2.75, 3.05) is 0 Å². The fraction of sp³-hybridized carbons (Fsp3) is 0.593. The van der Waals surface area contributed by atoms with Gasteiger partial charge in [0.1, 0.15) is 6.07 Å². The number of rotatable bonds is 7. The molecule has 0 heterocycles. The van der Waals surface area contributed by atoms with E-state index in [0.717, 1.165) is 25.7 Å². The average molecular weight is 394 g/mol. The van der Waals surface area contributed by atoms with Crippen LogP contribution in [0.5, 0.6) is 0 Å². The third-order valence-corrected chi connectivity index (χ3v) is 7.31. The number of nitriles is 1. The third kappa shape index (κ3) is 6.05. The van der Waals surface area contributed by atoms with Gasteiger partial charge < -0.3 is 0 Å². The molecule has 0 aliphatic heterocycles. The fourth-order valence-electron chi connectivity index (χ4n) is 5.37. The summed E-state index contributed by atoms with van der Waals surface area (Å²) in [7, 11) is 0. The largest absolute Gasteiger partial charge is 0.196 e. The van der Waals surface area contributed by atoms with E-state index in [1.165, 1.54) is 67.7 Å². The van der Waals surface area contributed by atoms with Crippen LogP contribution >= 0.6 is 0 Å². The summed E-state index contributed by atoms with van der Waals surface area (Å²) in [6, 6.07) is 11.0. The highest BCUT2D eigenvalue weighted by Crippen LogP contribution is 2.43. The molecule has 0 amide bonds. The van der Waals surface area contributed by atoms with Gasteiger partial charge in [0.2, 0.25) is 0 Å². The van der Waals surface area contributed by atoms with Crippen molar-refractivity contribution in [2.24, 2.45) is 17.8 Å². The Morgan fingerprint density at radius 2 is 1.62 bits per heavy atom. The molecule has 2 fully saturated rings. The zero-order valence-corrected chi connectivity index (χ0v) is 18.0. The Kier molecular flexibility index (Phi) is 8.10. The summed E-state index contributed by atoms with van der Waals surface area (Å²) in [6.45, 7) is 6.75. The van der Waals surface area contributed by atoms with Crippen LogP contribution in [0.25, 0.3) is 0 Å². The van der Waals surface area contributed by atoms with Gasteiger partial charge in [0.15, 0.2) is 5.83 Å². The van der Waals surface area contributed by atoms with Gasteiger partial charge in [-0.15, -0.1) is 0 Å². The summed E-state index contributed by atoms with van der Waals surface area (Å²) in [5.74, 6) is 1.56. The highest BCUT2D eigenvalue weighted by atomic mass is 19.1. The van der Waals surface area contributed by atoms with E-state index in [4.69, 9.17) is 5.26 Å². The maximum atomic E-state index is 13.2. The monoisotopic (exact) mass is 393 g/mol. The van der Waals surface area contributed by atoms with Gasteiger partial charge in [-0.1, -0.05) is 49.8 Å². The molecule has 3 rings (SSSR count). The first-order valence-corrected chi connectivity index (χ1v) is 11.7. The van der Waals surface area contributed by atoms with Crippen molar-refractivity contribution >= 4 is 0 Å². The molecule has 2 aliphatic carbocycles. The Labute approximate surface area is 176 Å². The van der Waals surface area contributed by atoms with Gasteiger partial charge >= 0.3 is 0 Å². The molecule has 0 bridgehead atoms. The molecule has 1 nitrogen and oxygen atoms in total. The van der Waals surface area contributed by atoms with Crippen molar-refractivity contribution in [3.63, 3.8) is 0 Å². The van der Waals surface area contributed by atoms with Gasteiger partial charge in [0, 0.05) is 0 Å². The second-order valence-electron chi connectivity index (χ2n) is 9.21. The molecule has 0 atom stereocenters. The highest BCUT2D eigenvalue weighted by molar-refractivity contribution is 5.26. The average Bonchev–Trinajstić information content (AvgIpc) is 2.78. The minimum Gasteiger partial charge on any atom is -0.195 e. The number of allylic oxidation sites excluding steroid dienone is 3. The molecule has 156 valence electrons. The predicted molar refractivity (Wildman–Crippen MR) is 119 cm³/mol. The maximum absolute atomic E-state index is 13.2. The van der Waals surface area contributed by atoms with Crippen LogP contribution in [0.15, 0.2) is 48.3 Å². The van der Waals surface area contributed by atoms with E-state index >= 15 is 0 Å². The summed E-state index contributed by atoms with van der Waals surface area (Å²) < 4.78 is 13.2. The molecule has 2 heteroatoms. The van der Waals surface area contributed by atoms with E-state index in [1.54, 1.807) is 6.07 Å². The fourth-order valence-corrected chi connectivity index (χ4v) is 5.37. The zero-order chi connectivity index (χ0) is 20.6. The normalized spacial score (nSPS) is 28.0. The number of aryl methyl sites for hydroxylation is 1. The van der Waals surface area contributed by atoms with Crippen LogP contribution in [0.4, 0.5) is 4.39 Å². The summed E-state index contributed by atoms with van der Waals surface area (Å²) in [5, 5.41) is 8.62. The predicted octanol–water partition coefficient (Wildman–Crippen LogP) is 8.04. The van der Waals surface area contributed by atoms with Gasteiger partial charge in [-0.2, -0.15) is 9.65 Å². The van der Waals surface area contributed by atoms with E-state index in [-0.39, 0.29) is 5.92 Å². The second-order valence-corrected chi connectivity index (χ2v) is 9.21. The van der Waals surface area contributed by atoms with Crippen molar-refractivity contribution in [1.82, 2.24) is 0 Å². The quantitative estimate of drug-likeness (QED) is 0.339. The van der Waals surface area contributed by atoms with Crippen LogP contribution in [0.1, 0.15) is 88.2 Å². The Bertz CT molecular complexity index is 723. The van der Waals surface area contributed by atoms with Crippen LogP contribution in [0, 0.1) is 29.1 Å². The lowest BCUT2D eigenvalue weighted by Crippen LogP contribution is -2.22. The van der Waals surface area contributed by atoms with Gasteiger partial charge in [-0.3, -0.25) is 0 Å². The first-order chi connectivity index (χ1) is 14.1. The van der Waals surface area contributed by atoms with E-state index in [1.807, 2.05) is 0 Å². The molecule has 2 aliphatic rings. The van der Waals surface area contributed by atoms with Crippen LogP contribution in [0.2, 0.25) is 0 Å². The Balaban J connectivity index is 1.46. The van der Waals surface area contributed by atoms with Crippen LogP contribution in [0.3, 0.4) is 0 Å². The molecular weight excluding hydrogens is 357 g/mol. The number of unbranched alkanes of at least 4 members (excludes halogenated alkanes) is 1. The summed E-state index contributed by atoms with van der Waals surface area (Å²) in [6.07, 6.45) is 14.5. The van der Waals surface area contributed by atoms with E-state index in [9.17, 15) is 4.39 Å². The topological polar surface area (TPSA) is 23.8 Å².